The van der Waals surface area contributed by atoms with Gasteiger partial charge in [0.25, 0.3) is 5.56 Å². The van der Waals surface area contributed by atoms with Crippen LogP contribution in [0.2, 0.25) is 0 Å². The second kappa shape index (κ2) is 5.42. The summed E-state index contributed by atoms with van der Waals surface area (Å²) < 4.78 is 1.59. The van der Waals surface area contributed by atoms with E-state index < -0.39 is 0 Å². The standard InChI is InChI=1S/C16H17N3OS/c1-10-3-4-12(7-11(10)2)14(17)8-19-9-18-15-13(16(19)20)5-6-21-15/h3-7,9,14H,8,17H2,1-2H3. The van der Waals surface area contributed by atoms with Crippen LogP contribution in [0, 0.1) is 13.8 Å². The monoisotopic (exact) mass is 299 g/mol. The summed E-state index contributed by atoms with van der Waals surface area (Å²) in [4.78, 5) is 17.4. The summed E-state index contributed by atoms with van der Waals surface area (Å²) >= 11 is 1.47. The molecule has 3 rings (SSSR count). The van der Waals surface area contributed by atoms with Crippen molar-refractivity contribution >= 4 is 21.6 Å². The van der Waals surface area contributed by atoms with Gasteiger partial charge in [-0.1, -0.05) is 18.2 Å². The highest BCUT2D eigenvalue weighted by Gasteiger charge is 2.11. The van der Waals surface area contributed by atoms with Gasteiger partial charge >= 0.3 is 0 Å². The Labute approximate surface area is 126 Å². The highest BCUT2D eigenvalue weighted by Crippen LogP contribution is 2.17. The van der Waals surface area contributed by atoms with E-state index >= 15 is 0 Å². The summed E-state index contributed by atoms with van der Waals surface area (Å²) in [5.74, 6) is 0. The molecule has 2 N–H and O–H groups in total. The van der Waals surface area contributed by atoms with Crippen molar-refractivity contribution in [1.82, 2.24) is 9.55 Å². The molecule has 0 radical (unpaired) electrons. The number of benzene rings is 1. The summed E-state index contributed by atoms with van der Waals surface area (Å²) in [6, 6.07) is 7.76. The third-order valence-corrected chi connectivity index (χ3v) is 4.62. The molecule has 2 aromatic heterocycles. The van der Waals surface area contributed by atoms with Crippen LogP contribution in [0.4, 0.5) is 0 Å². The van der Waals surface area contributed by atoms with Crippen molar-refractivity contribution in [3.05, 3.63) is 63.0 Å². The van der Waals surface area contributed by atoms with E-state index in [9.17, 15) is 4.79 Å². The van der Waals surface area contributed by atoms with Crippen LogP contribution in [0.15, 0.2) is 40.8 Å². The first kappa shape index (κ1) is 14.0. The maximum atomic E-state index is 12.4. The van der Waals surface area contributed by atoms with Gasteiger partial charge in [-0.15, -0.1) is 11.3 Å². The van der Waals surface area contributed by atoms with Crippen LogP contribution in [0.1, 0.15) is 22.7 Å². The molecule has 0 aliphatic carbocycles. The van der Waals surface area contributed by atoms with Crippen molar-refractivity contribution in [2.75, 3.05) is 0 Å². The number of hydrogen-bond acceptors (Lipinski definition) is 4. The van der Waals surface area contributed by atoms with Crippen LogP contribution >= 0.6 is 11.3 Å². The van der Waals surface area contributed by atoms with Gasteiger partial charge in [0.15, 0.2) is 0 Å². The second-order valence-electron chi connectivity index (χ2n) is 5.29. The molecular weight excluding hydrogens is 282 g/mol. The van der Waals surface area contributed by atoms with E-state index in [1.807, 2.05) is 17.5 Å². The quantitative estimate of drug-likeness (QED) is 0.809. The summed E-state index contributed by atoms with van der Waals surface area (Å²) in [5.41, 5.74) is 9.71. The molecule has 0 bridgehead atoms. The lowest BCUT2D eigenvalue weighted by Crippen LogP contribution is -2.26. The van der Waals surface area contributed by atoms with Gasteiger partial charge in [0, 0.05) is 12.6 Å². The predicted octanol–water partition coefficient (Wildman–Crippen LogP) is 2.77. The lowest BCUT2D eigenvalue weighted by Gasteiger charge is -2.15. The van der Waals surface area contributed by atoms with Crippen LogP contribution in [0.25, 0.3) is 10.2 Å². The molecule has 4 nitrogen and oxygen atoms in total. The molecule has 3 aromatic rings. The van der Waals surface area contributed by atoms with Crippen LogP contribution in [-0.4, -0.2) is 9.55 Å². The Morgan fingerprint density at radius 1 is 1.29 bits per heavy atom. The van der Waals surface area contributed by atoms with Gasteiger partial charge in [-0.25, -0.2) is 4.98 Å². The Balaban J connectivity index is 1.92. The molecule has 0 spiro atoms. The molecule has 0 aliphatic heterocycles. The number of fused-ring (bicyclic) bond motifs is 1. The average Bonchev–Trinajstić information content (AvgIpc) is 2.94. The molecule has 0 aliphatic rings. The zero-order chi connectivity index (χ0) is 15.0. The number of aromatic nitrogens is 2. The number of nitrogens with zero attached hydrogens (tertiary/aromatic N) is 2. The van der Waals surface area contributed by atoms with Crippen molar-refractivity contribution in [3.8, 4) is 0 Å². The van der Waals surface area contributed by atoms with Crippen LogP contribution in [0.5, 0.6) is 0 Å². The molecule has 0 saturated carbocycles. The van der Waals surface area contributed by atoms with E-state index in [-0.39, 0.29) is 11.6 Å². The number of aryl methyl sites for hydroxylation is 2. The topological polar surface area (TPSA) is 60.9 Å². The number of rotatable bonds is 3. The largest absolute Gasteiger partial charge is 0.322 e. The Bertz CT molecular complexity index is 850. The van der Waals surface area contributed by atoms with Gasteiger partial charge in [0.05, 0.1) is 11.7 Å². The minimum absolute atomic E-state index is 0.0273. The molecule has 108 valence electrons. The fraction of sp³-hybridized carbons (Fsp3) is 0.250. The molecule has 1 aromatic carbocycles. The summed E-state index contributed by atoms with van der Waals surface area (Å²) in [7, 11) is 0. The highest BCUT2D eigenvalue weighted by atomic mass is 32.1. The maximum absolute atomic E-state index is 12.4. The van der Waals surface area contributed by atoms with Gasteiger partial charge < -0.3 is 5.73 Å². The fourth-order valence-electron chi connectivity index (χ4n) is 2.34. The van der Waals surface area contributed by atoms with E-state index in [1.165, 1.54) is 22.5 Å². The minimum Gasteiger partial charge on any atom is -0.322 e. The van der Waals surface area contributed by atoms with Crippen LogP contribution < -0.4 is 11.3 Å². The van der Waals surface area contributed by atoms with Crippen molar-refractivity contribution in [2.24, 2.45) is 5.73 Å². The maximum Gasteiger partial charge on any atom is 0.262 e. The molecule has 21 heavy (non-hydrogen) atoms. The third-order valence-electron chi connectivity index (χ3n) is 3.80. The van der Waals surface area contributed by atoms with Crippen LogP contribution in [0.3, 0.4) is 0 Å². The Hall–Kier alpha value is -1.98. The van der Waals surface area contributed by atoms with Crippen molar-refractivity contribution in [2.45, 2.75) is 26.4 Å². The van der Waals surface area contributed by atoms with E-state index in [0.717, 1.165) is 10.4 Å². The van der Waals surface area contributed by atoms with Gasteiger partial charge in [-0.3, -0.25) is 9.36 Å². The molecule has 0 saturated heterocycles. The summed E-state index contributed by atoms with van der Waals surface area (Å²) in [6.45, 7) is 4.57. The van der Waals surface area contributed by atoms with Gasteiger partial charge in [0.1, 0.15) is 4.83 Å². The van der Waals surface area contributed by atoms with Crippen LogP contribution in [-0.2, 0) is 6.54 Å². The normalized spacial score (nSPS) is 12.7. The van der Waals surface area contributed by atoms with E-state index in [1.54, 1.807) is 10.9 Å². The SMILES string of the molecule is Cc1ccc(C(N)Cn2cnc3sccc3c2=O)cc1C. The molecule has 0 amide bonds. The fourth-order valence-corrected chi connectivity index (χ4v) is 3.06. The van der Waals surface area contributed by atoms with E-state index in [2.05, 4.69) is 31.0 Å². The molecule has 2 heterocycles. The number of nitrogens with two attached hydrogens (primary N) is 1. The first-order chi connectivity index (χ1) is 10.1. The van der Waals surface area contributed by atoms with Crippen molar-refractivity contribution in [3.63, 3.8) is 0 Å². The molecule has 5 heteroatoms. The van der Waals surface area contributed by atoms with Gasteiger partial charge in [-0.2, -0.15) is 0 Å². The average molecular weight is 299 g/mol. The highest BCUT2D eigenvalue weighted by molar-refractivity contribution is 7.16. The number of hydrogen-bond donors (Lipinski definition) is 1. The smallest absolute Gasteiger partial charge is 0.262 e. The first-order valence-electron chi connectivity index (χ1n) is 6.81. The lowest BCUT2D eigenvalue weighted by atomic mass is 10.0. The Kier molecular flexibility index (Phi) is 3.61. The van der Waals surface area contributed by atoms with Crippen molar-refractivity contribution in [1.29, 1.82) is 0 Å². The zero-order valence-electron chi connectivity index (χ0n) is 12.0. The van der Waals surface area contributed by atoms with E-state index in [0.29, 0.717) is 11.9 Å². The third kappa shape index (κ3) is 2.62. The second-order valence-corrected chi connectivity index (χ2v) is 6.19. The van der Waals surface area contributed by atoms with Gasteiger partial charge in [-0.05, 0) is 42.0 Å². The molecule has 1 unspecified atom stereocenters. The number of thiophene rings is 1. The zero-order valence-corrected chi connectivity index (χ0v) is 12.9. The minimum atomic E-state index is -0.222. The van der Waals surface area contributed by atoms with Gasteiger partial charge in [0.2, 0.25) is 0 Å². The predicted molar refractivity (Wildman–Crippen MR) is 86.7 cm³/mol. The molecule has 1 atom stereocenters. The van der Waals surface area contributed by atoms with E-state index in [4.69, 9.17) is 5.73 Å². The lowest BCUT2D eigenvalue weighted by molar-refractivity contribution is 0.558. The first-order valence-corrected chi connectivity index (χ1v) is 7.69. The molecular formula is C16H17N3OS. The summed E-state index contributed by atoms with van der Waals surface area (Å²) in [5, 5.41) is 2.54. The van der Waals surface area contributed by atoms with Crippen molar-refractivity contribution < 1.29 is 0 Å². The Morgan fingerprint density at radius 3 is 2.86 bits per heavy atom. The summed E-state index contributed by atoms with van der Waals surface area (Å²) in [6.07, 6.45) is 1.59. The Morgan fingerprint density at radius 2 is 2.10 bits per heavy atom. The molecule has 0 fully saturated rings.